The molecule has 106 valence electrons. The fraction of sp³-hybridized carbons (Fsp3) is 0.700. The summed E-state index contributed by atoms with van der Waals surface area (Å²) in [5.74, 6) is -0.645. The highest BCUT2D eigenvalue weighted by Crippen LogP contribution is 2.18. The van der Waals surface area contributed by atoms with Crippen molar-refractivity contribution < 1.29 is 33.0 Å². The van der Waals surface area contributed by atoms with Crippen LogP contribution >= 0.6 is 0 Å². The van der Waals surface area contributed by atoms with E-state index in [1.165, 1.54) is 28.3 Å². The van der Waals surface area contributed by atoms with Crippen LogP contribution in [0.5, 0.6) is 0 Å². The van der Waals surface area contributed by atoms with E-state index in [1.54, 1.807) is 0 Å². The fourth-order valence-electron chi connectivity index (χ4n) is 1.20. The molecule has 0 aromatic rings. The van der Waals surface area contributed by atoms with E-state index in [0.717, 1.165) is 0 Å². The molecule has 0 fully saturated rings. The van der Waals surface area contributed by atoms with Crippen molar-refractivity contribution in [2.45, 2.75) is 25.7 Å². The topological polar surface area (TPSA) is 83.5 Å². The van der Waals surface area contributed by atoms with E-state index in [4.69, 9.17) is 23.3 Å². The van der Waals surface area contributed by atoms with Gasteiger partial charge < -0.3 is 18.0 Å². The minimum absolute atomic E-state index is 0.178. The van der Waals surface area contributed by atoms with Crippen molar-refractivity contribution >= 4 is 14.8 Å². The van der Waals surface area contributed by atoms with Gasteiger partial charge in [-0.3, -0.25) is 0 Å². The number of esters is 1. The van der Waals surface area contributed by atoms with Crippen LogP contribution in [0.1, 0.15) is 13.3 Å². The highest BCUT2D eigenvalue weighted by Gasteiger charge is 2.38. The van der Waals surface area contributed by atoms with Gasteiger partial charge in [-0.2, -0.15) is 4.89 Å². The molecule has 0 radical (unpaired) electrons. The van der Waals surface area contributed by atoms with Crippen LogP contribution in [0.4, 0.5) is 0 Å². The Morgan fingerprint density at radius 1 is 1.28 bits per heavy atom. The summed E-state index contributed by atoms with van der Waals surface area (Å²) in [4.78, 5) is 15.3. The number of carbonyl (C=O) groups is 1. The lowest BCUT2D eigenvalue weighted by atomic mass is 10.3. The highest BCUT2D eigenvalue weighted by molar-refractivity contribution is 6.60. The molecule has 0 spiro atoms. The third-order valence-corrected chi connectivity index (χ3v) is 5.09. The van der Waals surface area contributed by atoms with Gasteiger partial charge in [0.15, 0.2) is 0 Å². The Hall–Kier alpha value is -0.773. The van der Waals surface area contributed by atoms with E-state index < -0.39 is 21.1 Å². The van der Waals surface area contributed by atoms with Crippen molar-refractivity contribution in [3.05, 3.63) is 12.2 Å². The van der Waals surface area contributed by atoms with Gasteiger partial charge in [0.2, 0.25) is 6.29 Å². The SMILES string of the molecule is C=C(C)C(=O)OC(CC[Si](OC)(OC)OC)OO. The number of hydrogen-bond acceptors (Lipinski definition) is 7. The molecule has 0 aliphatic carbocycles. The van der Waals surface area contributed by atoms with Crippen LogP contribution in [0.25, 0.3) is 0 Å². The standard InChI is InChI=1S/C10H20O7Si/c1-8(2)10(11)16-9(17-12)6-7-18(13-3,14-4)15-5/h9,12H,1,6-7H2,2-5H3. The van der Waals surface area contributed by atoms with Gasteiger partial charge >= 0.3 is 14.8 Å². The van der Waals surface area contributed by atoms with Crippen molar-refractivity contribution in [3.63, 3.8) is 0 Å². The second-order valence-electron chi connectivity index (χ2n) is 3.55. The predicted molar refractivity (Wildman–Crippen MR) is 64.6 cm³/mol. The Kier molecular flexibility index (Phi) is 7.99. The third kappa shape index (κ3) is 5.25. The maximum Gasteiger partial charge on any atom is 0.500 e. The van der Waals surface area contributed by atoms with Gasteiger partial charge in [0.25, 0.3) is 0 Å². The molecule has 7 nitrogen and oxygen atoms in total. The maximum absolute atomic E-state index is 11.2. The van der Waals surface area contributed by atoms with Gasteiger partial charge in [-0.25, -0.2) is 10.1 Å². The van der Waals surface area contributed by atoms with Crippen LogP contribution in [0.2, 0.25) is 6.04 Å². The number of rotatable bonds is 9. The number of carbonyl (C=O) groups excluding carboxylic acids is 1. The first-order valence-corrected chi connectivity index (χ1v) is 7.20. The molecule has 1 N–H and O–H groups in total. The molecule has 1 atom stereocenters. The summed E-state index contributed by atoms with van der Waals surface area (Å²) in [6, 6.07) is 0.325. The molecule has 18 heavy (non-hydrogen) atoms. The molecule has 0 aliphatic heterocycles. The summed E-state index contributed by atoms with van der Waals surface area (Å²) in [5.41, 5.74) is 0.214. The van der Waals surface area contributed by atoms with Crippen LogP contribution in [-0.4, -0.2) is 47.7 Å². The summed E-state index contributed by atoms with van der Waals surface area (Å²) in [5, 5.41) is 8.66. The first kappa shape index (κ1) is 17.2. The first-order valence-electron chi connectivity index (χ1n) is 5.26. The van der Waals surface area contributed by atoms with E-state index in [2.05, 4.69) is 11.5 Å². The van der Waals surface area contributed by atoms with Crippen molar-refractivity contribution in [2.24, 2.45) is 0 Å². The smallest absolute Gasteiger partial charge is 0.430 e. The Balaban J connectivity index is 4.37. The maximum atomic E-state index is 11.2. The molecule has 0 saturated heterocycles. The minimum Gasteiger partial charge on any atom is -0.430 e. The minimum atomic E-state index is -2.78. The molecular formula is C10H20O7Si. The molecule has 0 saturated carbocycles. The van der Waals surface area contributed by atoms with Gasteiger partial charge in [-0.05, 0) is 6.92 Å². The Morgan fingerprint density at radius 2 is 1.78 bits per heavy atom. The van der Waals surface area contributed by atoms with Crippen molar-refractivity contribution in [1.29, 1.82) is 0 Å². The highest BCUT2D eigenvalue weighted by atomic mass is 28.4. The molecule has 0 bridgehead atoms. The lowest BCUT2D eigenvalue weighted by Gasteiger charge is -2.25. The molecule has 0 aliphatic rings. The largest absolute Gasteiger partial charge is 0.500 e. The lowest BCUT2D eigenvalue weighted by molar-refractivity contribution is -0.336. The van der Waals surface area contributed by atoms with E-state index >= 15 is 0 Å². The first-order chi connectivity index (χ1) is 8.44. The summed E-state index contributed by atoms with van der Waals surface area (Å²) >= 11 is 0. The molecule has 0 rings (SSSR count). The average Bonchev–Trinajstić information content (AvgIpc) is 2.39. The Bertz CT molecular complexity index is 269. The third-order valence-electron chi connectivity index (χ3n) is 2.32. The van der Waals surface area contributed by atoms with E-state index in [9.17, 15) is 4.79 Å². The van der Waals surface area contributed by atoms with E-state index in [-0.39, 0.29) is 12.0 Å². The molecular weight excluding hydrogens is 260 g/mol. The number of ether oxygens (including phenoxy) is 1. The zero-order valence-corrected chi connectivity index (χ0v) is 12.1. The summed E-state index contributed by atoms with van der Waals surface area (Å²) in [7, 11) is 1.62. The summed E-state index contributed by atoms with van der Waals surface area (Å²) < 4.78 is 20.4. The van der Waals surface area contributed by atoms with Crippen LogP contribution in [0.3, 0.4) is 0 Å². The lowest BCUT2D eigenvalue weighted by Crippen LogP contribution is -2.43. The second kappa shape index (κ2) is 8.35. The van der Waals surface area contributed by atoms with Crippen molar-refractivity contribution in [3.8, 4) is 0 Å². The molecule has 0 amide bonds. The number of hydrogen-bond donors (Lipinski definition) is 1. The Morgan fingerprint density at radius 3 is 2.11 bits per heavy atom. The van der Waals surface area contributed by atoms with E-state index in [0.29, 0.717) is 6.04 Å². The van der Waals surface area contributed by atoms with Crippen LogP contribution in [-0.2, 0) is 27.7 Å². The van der Waals surface area contributed by atoms with Crippen LogP contribution in [0, 0.1) is 0 Å². The van der Waals surface area contributed by atoms with Crippen molar-refractivity contribution in [2.75, 3.05) is 21.3 Å². The van der Waals surface area contributed by atoms with Gasteiger partial charge in [-0.15, -0.1) is 0 Å². The van der Waals surface area contributed by atoms with E-state index in [1.807, 2.05) is 0 Å². The zero-order valence-electron chi connectivity index (χ0n) is 11.1. The quantitative estimate of drug-likeness (QED) is 0.170. The van der Waals surface area contributed by atoms with Crippen LogP contribution < -0.4 is 0 Å². The summed E-state index contributed by atoms with van der Waals surface area (Å²) in [6.07, 6.45) is -0.932. The second-order valence-corrected chi connectivity index (χ2v) is 6.65. The van der Waals surface area contributed by atoms with Gasteiger partial charge in [0, 0.05) is 39.4 Å². The molecule has 0 aromatic heterocycles. The zero-order chi connectivity index (χ0) is 14.2. The van der Waals surface area contributed by atoms with Crippen molar-refractivity contribution in [1.82, 2.24) is 0 Å². The van der Waals surface area contributed by atoms with Gasteiger partial charge in [-0.1, -0.05) is 6.58 Å². The summed E-state index contributed by atoms with van der Waals surface area (Å²) in [6.45, 7) is 4.92. The Labute approximate surface area is 108 Å². The molecule has 8 heteroatoms. The molecule has 1 unspecified atom stereocenters. The average molecular weight is 280 g/mol. The predicted octanol–water partition coefficient (Wildman–Crippen LogP) is 1.19. The molecule has 0 heterocycles. The molecule has 0 aromatic carbocycles. The van der Waals surface area contributed by atoms with Crippen LogP contribution in [0.15, 0.2) is 12.2 Å². The van der Waals surface area contributed by atoms with Gasteiger partial charge in [0.05, 0.1) is 0 Å². The normalized spacial score (nSPS) is 13.2. The fourth-order valence-corrected chi connectivity index (χ4v) is 2.91. The van der Waals surface area contributed by atoms with Gasteiger partial charge in [0.1, 0.15) is 0 Å². The monoisotopic (exact) mass is 280 g/mol.